The van der Waals surface area contributed by atoms with Gasteiger partial charge in [0.15, 0.2) is 0 Å². The van der Waals surface area contributed by atoms with Gasteiger partial charge >= 0.3 is 11.9 Å². The van der Waals surface area contributed by atoms with Crippen molar-refractivity contribution in [2.45, 2.75) is 44.9 Å². The standard InChI is InChI=1S/C19H29NO.C2H2O4/c1-2-11-18-12-5-6-13-19(18)21-17-10-9-16-20-14-7-3-4-8-15-20;3-1(4)2(5)6/h2,5-6,12-13H,1,3-4,7-11,14-17H2;(H,3,4)(H,5,6). The Morgan fingerprint density at radius 2 is 1.67 bits per heavy atom. The first kappa shape index (κ1) is 22.7. The Hall–Kier alpha value is -2.34. The first-order valence-corrected chi connectivity index (χ1v) is 9.54. The fraction of sp³-hybridized carbons (Fsp3) is 0.524. The zero-order chi connectivity index (χ0) is 19.9. The van der Waals surface area contributed by atoms with Gasteiger partial charge in [-0.05, 0) is 63.4 Å². The molecule has 150 valence electrons. The number of nitrogens with zero attached hydrogens (tertiary/aromatic N) is 1. The number of rotatable bonds is 8. The highest BCUT2D eigenvalue weighted by Gasteiger charge is 2.08. The van der Waals surface area contributed by atoms with E-state index in [0.717, 1.165) is 25.2 Å². The van der Waals surface area contributed by atoms with Gasteiger partial charge in [-0.15, -0.1) is 6.58 Å². The molecule has 1 aromatic carbocycles. The Kier molecular flexibility index (Phi) is 11.6. The molecule has 27 heavy (non-hydrogen) atoms. The Balaban J connectivity index is 0.000000527. The molecule has 1 aliphatic heterocycles. The van der Waals surface area contributed by atoms with Crippen LogP contribution in [0.3, 0.4) is 0 Å². The topological polar surface area (TPSA) is 87.1 Å². The van der Waals surface area contributed by atoms with E-state index in [2.05, 4.69) is 29.7 Å². The van der Waals surface area contributed by atoms with Gasteiger partial charge < -0.3 is 19.8 Å². The number of unbranched alkanes of at least 4 members (excludes halogenated alkanes) is 1. The Labute approximate surface area is 161 Å². The maximum absolute atomic E-state index is 9.10. The van der Waals surface area contributed by atoms with Crippen LogP contribution in [0.1, 0.15) is 44.1 Å². The van der Waals surface area contributed by atoms with Gasteiger partial charge in [-0.1, -0.05) is 37.1 Å². The van der Waals surface area contributed by atoms with Crippen LogP contribution in [-0.4, -0.2) is 53.3 Å². The second kappa shape index (κ2) is 13.8. The molecule has 0 bridgehead atoms. The third kappa shape index (κ3) is 10.4. The number of allylic oxidation sites excluding steroid dienone is 1. The van der Waals surface area contributed by atoms with E-state index in [1.807, 2.05) is 12.1 Å². The minimum absolute atomic E-state index is 0.821. The minimum Gasteiger partial charge on any atom is -0.493 e. The van der Waals surface area contributed by atoms with Crippen molar-refractivity contribution < 1.29 is 24.5 Å². The first-order chi connectivity index (χ1) is 13.0. The van der Waals surface area contributed by atoms with Gasteiger partial charge in [0.05, 0.1) is 6.61 Å². The largest absolute Gasteiger partial charge is 0.493 e. The Morgan fingerprint density at radius 1 is 1.04 bits per heavy atom. The van der Waals surface area contributed by atoms with Crippen LogP contribution < -0.4 is 4.74 Å². The van der Waals surface area contributed by atoms with Gasteiger partial charge in [-0.3, -0.25) is 0 Å². The summed E-state index contributed by atoms with van der Waals surface area (Å²) in [7, 11) is 0. The lowest BCUT2D eigenvalue weighted by Gasteiger charge is -2.19. The van der Waals surface area contributed by atoms with Crippen molar-refractivity contribution in [1.29, 1.82) is 0 Å². The molecule has 0 aromatic heterocycles. The summed E-state index contributed by atoms with van der Waals surface area (Å²) in [5, 5.41) is 14.8. The molecule has 0 atom stereocenters. The highest BCUT2D eigenvalue weighted by atomic mass is 16.5. The van der Waals surface area contributed by atoms with Gasteiger partial charge in [-0.25, -0.2) is 9.59 Å². The van der Waals surface area contributed by atoms with E-state index in [9.17, 15) is 0 Å². The third-order valence-corrected chi connectivity index (χ3v) is 4.34. The van der Waals surface area contributed by atoms with Crippen molar-refractivity contribution >= 4 is 11.9 Å². The van der Waals surface area contributed by atoms with E-state index >= 15 is 0 Å². The van der Waals surface area contributed by atoms with Crippen LogP contribution in [0.5, 0.6) is 5.75 Å². The molecule has 0 radical (unpaired) electrons. The molecule has 1 aromatic rings. The number of carboxylic acid groups (broad SMARTS) is 2. The first-order valence-electron chi connectivity index (χ1n) is 9.54. The van der Waals surface area contributed by atoms with Crippen LogP contribution in [0.2, 0.25) is 0 Å². The molecule has 0 aliphatic carbocycles. The highest BCUT2D eigenvalue weighted by Crippen LogP contribution is 2.19. The summed E-state index contributed by atoms with van der Waals surface area (Å²) in [6.07, 6.45) is 10.8. The Bertz CT molecular complexity index is 568. The van der Waals surface area contributed by atoms with Crippen molar-refractivity contribution in [2.24, 2.45) is 0 Å². The van der Waals surface area contributed by atoms with Crippen LogP contribution in [-0.2, 0) is 16.0 Å². The van der Waals surface area contributed by atoms with Gasteiger partial charge in [0.1, 0.15) is 5.75 Å². The molecule has 1 aliphatic rings. The predicted molar refractivity (Wildman–Crippen MR) is 105 cm³/mol. The average Bonchev–Trinajstić information content (AvgIpc) is 2.92. The minimum atomic E-state index is -1.82. The van der Waals surface area contributed by atoms with Crippen molar-refractivity contribution in [3.63, 3.8) is 0 Å². The lowest BCUT2D eigenvalue weighted by Crippen LogP contribution is -2.25. The van der Waals surface area contributed by atoms with E-state index in [1.165, 1.54) is 57.3 Å². The molecule has 6 heteroatoms. The second-order valence-electron chi connectivity index (χ2n) is 6.52. The Morgan fingerprint density at radius 3 is 2.26 bits per heavy atom. The normalized spacial score (nSPS) is 14.4. The van der Waals surface area contributed by atoms with Crippen molar-refractivity contribution in [2.75, 3.05) is 26.2 Å². The molecular weight excluding hydrogens is 346 g/mol. The molecule has 6 nitrogen and oxygen atoms in total. The van der Waals surface area contributed by atoms with E-state index in [1.54, 1.807) is 0 Å². The van der Waals surface area contributed by atoms with Gasteiger partial charge in [0.2, 0.25) is 0 Å². The number of hydrogen-bond acceptors (Lipinski definition) is 4. The maximum atomic E-state index is 9.10. The molecule has 2 N–H and O–H groups in total. The molecule has 1 heterocycles. The number of carboxylic acids is 2. The van der Waals surface area contributed by atoms with Crippen LogP contribution in [0, 0.1) is 0 Å². The van der Waals surface area contributed by atoms with E-state index in [-0.39, 0.29) is 0 Å². The predicted octanol–water partition coefficient (Wildman–Crippen LogP) is 3.61. The van der Waals surface area contributed by atoms with Gasteiger partial charge in [-0.2, -0.15) is 0 Å². The molecule has 0 saturated carbocycles. The molecule has 0 amide bonds. The monoisotopic (exact) mass is 377 g/mol. The zero-order valence-corrected chi connectivity index (χ0v) is 15.9. The lowest BCUT2D eigenvalue weighted by molar-refractivity contribution is -0.159. The zero-order valence-electron chi connectivity index (χ0n) is 15.9. The number of para-hydroxylation sites is 1. The van der Waals surface area contributed by atoms with E-state index < -0.39 is 11.9 Å². The third-order valence-electron chi connectivity index (χ3n) is 4.34. The average molecular weight is 377 g/mol. The van der Waals surface area contributed by atoms with E-state index in [4.69, 9.17) is 24.5 Å². The second-order valence-corrected chi connectivity index (χ2v) is 6.52. The summed E-state index contributed by atoms with van der Waals surface area (Å²) in [5.74, 6) is -2.63. The number of ether oxygens (including phenoxy) is 1. The van der Waals surface area contributed by atoms with Crippen molar-refractivity contribution in [3.8, 4) is 5.75 Å². The molecular formula is C21H31NO5. The SMILES string of the molecule is C=CCc1ccccc1OCCCCN1CCCCCC1.O=C(O)C(=O)O. The van der Waals surface area contributed by atoms with Crippen molar-refractivity contribution in [1.82, 2.24) is 4.90 Å². The molecule has 0 spiro atoms. The van der Waals surface area contributed by atoms with Crippen LogP contribution in [0.15, 0.2) is 36.9 Å². The highest BCUT2D eigenvalue weighted by molar-refractivity contribution is 6.27. The van der Waals surface area contributed by atoms with Crippen LogP contribution in [0.25, 0.3) is 0 Å². The van der Waals surface area contributed by atoms with Gasteiger partial charge in [0, 0.05) is 0 Å². The number of likely N-dealkylation sites (tertiary alicyclic amines) is 1. The lowest BCUT2D eigenvalue weighted by atomic mass is 10.1. The van der Waals surface area contributed by atoms with Crippen molar-refractivity contribution in [3.05, 3.63) is 42.5 Å². The summed E-state index contributed by atoms with van der Waals surface area (Å²) >= 11 is 0. The molecule has 2 rings (SSSR count). The summed E-state index contributed by atoms with van der Waals surface area (Å²) < 4.78 is 5.94. The summed E-state index contributed by atoms with van der Waals surface area (Å²) in [5.41, 5.74) is 1.24. The molecule has 1 saturated heterocycles. The maximum Gasteiger partial charge on any atom is 0.414 e. The number of carbonyl (C=O) groups is 2. The summed E-state index contributed by atoms with van der Waals surface area (Å²) in [6, 6.07) is 8.28. The fourth-order valence-electron chi connectivity index (χ4n) is 2.95. The number of benzene rings is 1. The smallest absolute Gasteiger partial charge is 0.414 e. The van der Waals surface area contributed by atoms with Gasteiger partial charge in [0.25, 0.3) is 0 Å². The van der Waals surface area contributed by atoms with E-state index in [0.29, 0.717) is 0 Å². The van der Waals surface area contributed by atoms with Crippen LogP contribution >= 0.6 is 0 Å². The molecule has 0 unspecified atom stereocenters. The summed E-state index contributed by atoms with van der Waals surface area (Å²) in [6.45, 7) is 8.45. The fourth-order valence-corrected chi connectivity index (χ4v) is 2.95. The number of hydrogen-bond donors (Lipinski definition) is 2. The quantitative estimate of drug-likeness (QED) is 0.409. The number of aliphatic carboxylic acids is 2. The molecule has 1 fully saturated rings. The summed E-state index contributed by atoms with van der Waals surface area (Å²) in [4.78, 5) is 20.8. The van der Waals surface area contributed by atoms with Crippen LogP contribution in [0.4, 0.5) is 0 Å².